The molecule has 0 N–H and O–H groups in total. The van der Waals surface area contributed by atoms with Crippen LogP contribution in [-0.2, 0) is 33.2 Å². The minimum Gasteiger partial charge on any atom is -0.378 e. The lowest BCUT2D eigenvalue weighted by Crippen LogP contribution is -2.46. The van der Waals surface area contributed by atoms with Gasteiger partial charge < -0.3 is 14.2 Å². The Morgan fingerprint density at radius 3 is 2.37 bits per heavy atom. The maximum absolute atomic E-state index is 13.6. The maximum atomic E-state index is 13.6. The fourth-order valence-corrected chi connectivity index (χ4v) is 5.46. The highest BCUT2D eigenvalue weighted by Crippen LogP contribution is 2.38. The van der Waals surface area contributed by atoms with Crippen LogP contribution in [0.25, 0.3) is 17.0 Å². The number of benzene rings is 2. The average Bonchev–Trinajstić information content (AvgIpc) is 3.43. The van der Waals surface area contributed by atoms with Crippen molar-refractivity contribution in [2.75, 3.05) is 32.8 Å². The van der Waals surface area contributed by atoms with E-state index < -0.39 is 34.6 Å². The lowest BCUT2D eigenvalue weighted by Gasteiger charge is -2.28. The molecule has 0 aliphatic carbocycles. The number of alkyl halides is 6. The van der Waals surface area contributed by atoms with Crippen LogP contribution >= 0.6 is 11.8 Å². The third-order valence-electron chi connectivity index (χ3n) is 6.71. The van der Waals surface area contributed by atoms with Gasteiger partial charge in [0.2, 0.25) is 5.91 Å². The molecular formula is C27H21F6N3O4S. The fraction of sp³-hybridized carbons (Fsp3) is 0.296. The van der Waals surface area contributed by atoms with E-state index in [1.807, 2.05) is 0 Å². The minimum atomic E-state index is -4.98. The topological polar surface area (TPSA) is 71.9 Å². The summed E-state index contributed by atoms with van der Waals surface area (Å²) in [4.78, 5) is 40.3. The van der Waals surface area contributed by atoms with E-state index in [0.29, 0.717) is 60.6 Å². The zero-order valence-corrected chi connectivity index (χ0v) is 21.9. The fourth-order valence-electron chi connectivity index (χ4n) is 4.62. The van der Waals surface area contributed by atoms with Crippen LogP contribution in [0, 0.1) is 0 Å². The Kier molecular flexibility index (Phi) is 7.64. The lowest BCUT2D eigenvalue weighted by molar-refractivity contribution is -0.143. The first-order chi connectivity index (χ1) is 19.3. The van der Waals surface area contributed by atoms with Gasteiger partial charge in [-0.2, -0.15) is 26.3 Å². The predicted molar refractivity (Wildman–Crippen MR) is 138 cm³/mol. The van der Waals surface area contributed by atoms with E-state index >= 15 is 0 Å². The quantitative estimate of drug-likeness (QED) is 0.282. The van der Waals surface area contributed by atoms with Gasteiger partial charge >= 0.3 is 12.4 Å². The largest absolute Gasteiger partial charge is 0.416 e. The van der Waals surface area contributed by atoms with Crippen LogP contribution in [0.4, 0.5) is 31.1 Å². The summed E-state index contributed by atoms with van der Waals surface area (Å²) in [6.07, 6.45) is -6.90. The first kappa shape index (κ1) is 28.7. The number of morpholine rings is 1. The maximum Gasteiger partial charge on any atom is 0.416 e. The summed E-state index contributed by atoms with van der Waals surface area (Å²) in [5.41, 5.74) is -2.03. The van der Waals surface area contributed by atoms with E-state index in [0.717, 1.165) is 11.0 Å². The number of hydrogen-bond donors (Lipinski definition) is 0. The Labute approximate surface area is 233 Å². The van der Waals surface area contributed by atoms with Gasteiger partial charge in [0.05, 0.1) is 29.2 Å². The first-order valence-electron chi connectivity index (χ1n) is 12.3. The molecule has 0 atom stereocenters. The molecule has 0 radical (unpaired) electrons. The van der Waals surface area contributed by atoms with Gasteiger partial charge in [-0.3, -0.25) is 19.3 Å². The summed E-state index contributed by atoms with van der Waals surface area (Å²) in [5.74, 6) is -0.970. The van der Waals surface area contributed by atoms with E-state index in [1.165, 1.54) is 21.7 Å². The molecule has 41 heavy (non-hydrogen) atoms. The monoisotopic (exact) mass is 597 g/mol. The van der Waals surface area contributed by atoms with Crippen molar-refractivity contribution in [3.05, 3.63) is 75.8 Å². The third-order valence-corrected chi connectivity index (χ3v) is 7.61. The van der Waals surface area contributed by atoms with Gasteiger partial charge in [0, 0.05) is 36.7 Å². The number of thioether (sulfide) groups is 1. The van der Waals surface area contributed by atoms with Crippen molar-refractivity contribution in [3.8, 4) is 0 Å². The van der Waals surface area contributed by atoms with Crippen LogP contribution in [0.2, 0.25) is 0 Å². The first-order valence-corrected chi connectivity index (χ1v) is 13.1. The molecule has 2 aliphatic rings. The molecule has 0 bridgehead atoms. The Bertz CT molecular complexity index is 1560. The van der Waals surface area contributed by atoms with Gasteiger partial charge in [0.25, 0.3) is 11.1 Å². The van der Waals surface area contributed by atoms with Crippen molar-refractivity contribution in [3.63, 3.8) is 0 Å². The standard InChI is InChI=1S/C27H21F6N3O4S/c28-26(29,30)19-3-2-18(20(13-19)27(31,32)33)14-35-6-5-17-11-16(1-4-21(17)35)12-22-24(38)36(25(39)41-22)15-23(37)34-7-9-40-10-8-34/h1-6,11-13H,7-10,14-15H2. The van der Waals surface area contributed by atoms with Crippen molar-refractivity contribution in [2.45, 2.75) is 18.9 Å². The number of ether oxygens (including phenoxy) is 1. The number of amides is 3. The number of nitrogens with zero attached hydrogens (tertiary/aromatic N) is 3. The molecule has 3 heterocycles. The Balaban J connectivity index is 1.35. The second-order valence-electron chi connectivity index (χ2n) is 9.39. The number of halogens is 6. The van der Waals surface area contributed by atoms with Crippen LogP contribution in [0.5, 0.6) is 0 Å². The van der Waals surface area contributed by atoms with Crippen molar-refractivity contribution >= 4 is 45.8 Å². The van der Waals surface area contributed by atoms with E-state index in [2.05, 4.69) is 0 Å². The highest BCUT2D eigenvalue weighted by atomic mass is 32.2. The summed E-state index contributed by atoms with van der Waals surface area (Å²) < 4.78 is 86.5. The van der Waals surface area contributed by atoms with E-state index in [4.69, 9.17) is 4.74 Å². The third kappa shape index (κ3) is 6.12. The summed E-state index contributed by atoms with van der Waals surface area (Å²) in [5, 5.41) is 0.0213. The van der Waals surface area contributed by atoms with Gasteiger partial charge in [0.15, 0.2) is 0 Å². The Hall–Kier alpha value is -3.78. The van der Waals surface area contributed by atoms with Crippen molar-refractivity contribution in [2.24, 2.45) is 0 Å². The summed E-state index contributed by atoms with van der Waals surface area (Å²) in [7, 11) is 0. The van der Waals surface area contributed by atoms with Crippen LogP contribution < -0.4 is 0 Å². The molecule has 3 amide bonds. The number of hydrogen-bond acceptors (Lipinski definition) is 5. The highest BCUT2D eigenvalue weighted by molar-refractivity contribution is 8.18. The number of imide groups is 1. The lowest BCUT2D eigenvalue weighted by atomic mass is 10.0. The molecule has 0 saturated carbocycles. The van der Waals surface area contributed by atoms with Crippen LogP contribution in [0.3, 0.4) is 0 Å². The predicted octanol–water partition coefficient (Wildman–Crippen LogP) is 5.62. The molecule has 1 aromatic heterocycles. The molecule has 2 aliphatic heterocycles. The summed E-state index contributed by atoms with van der Waals surface area (Å²) in [6, 6.07) is 8.04. The molecule has 0 spiro atoms. The summed E-state index contributed by atoms with van der Waals surface area (Å²) in [6.45, 7) is 0.804. The molecule has 216 valence electrons. The highest BCUT2D eigenvalue weighted by Gasteiger charge is 2.39. The molecule has 2 fully saturated rings. The van der Waals surface area contributed by atoms with E-state index in [9.17, 15) is 40.7 Å². The van der Waals surface area contributed by atoms with Gasteiger partial charge in [-0.05, 0) is 59.3 Å². The van der Waals surface area contributed by atoms with Gasteiger partial charge in [-0.1, -0.05) is 12.1 Å². The number of fused-ring (bicyclic) bond motifs is 1. The van der Waals surface area contributed by atoms with Crippen molar-refractivity contribution in [1.29, 1.82) is 0 Å². The second-order valence-corrected chi connectivity index (χ2v) is 10.4. The van der Waals surface area contributed by atoms with Gasteiger partial charge in [0.1, 0.15) is 6.54 Å². The van der Waals surface area contributed by atoms with Gasteiger partial charge in [-0.25, -0.2) is 0 Å². The zero-order chi connectivity index (χ0) is 29.5. The summed E-state index contributed by atoms with van der Waals surface area (Å²) >= 11 is 0.696. The van der Waals surface area contributed by atoms with E-state index in [-0.39, 0.29) is 35.5 Å². The zero-order valence-electron chi connectivity index (χ0n) is 21.1. The molecular weight excluding hydrogens is 576 g/mol. The number of carbonyl (C=O) groups is 3. The molecule has 3 aromatic rings. The Morgan fingerprint density at radius 2 is 1.68 bits per heavy atom. The number of rotatable bonds is 5. The van der Waals surface area contributed by atoms with Crippen LogP contribution in [0.1, 0.15) is 22.3 Å². The molecule has 14 heteroatoms. The molecule has 2 saturated heterocycles. The number of aromatic nitrogens is 1. The smallest absolute Gasteiger partial charge is 0.378 e. The van der Waals surface area contributed by atoms with Crippen molar-refractivity contribution in [1.82, 2.24) is 14.4 Å². The molecule has 2 aromatic carbocycles. The second kappa shape index (κ2) is 10.9. The molecule has 0 unspecified atom stereocenters. The minimum absolute atomic E-state index is 0.112. The van der Waals surface area contributed by atoms with Crippen molar-refractivity contribution < 1.29 is 45.5 Å². The normalized spacial score (nSPS) is 17.8. The SMILES string of the molecule is O=C(CN1C(=O)SC(=Cc2ccc3c(ccn3Cc3ccc(C(F)(F)F)cc3C(F)(F)F)c2)C1=O)N1CCOCC1. The Morgan fingerprint density at radius 1 is 0.951 bits per heavy atom. The van der Waals surface area contributed by atoms with Crippen LogP contribution in [0.15, 0.2) is 53.6 Å². The number of carbonyl (C=O) groups excluding carboxylic acids is 3. The molecule has 7 nitrogen and oxygen atoms in total. The average molecular weight is 598 g/mol. The van der Waals surface area contributed by atoms with Gasteiger partial charge in [-0.15, -0.1) is 0 Å². The molecule has 5 rings (SSSR count). The van der Waals surface area contributed by atoms with E-state index in [1.54, 1.807) is 24.3 Å². The van der Waals surface area contributed by atoms with Crippen LogP contribution in [-0.4, -0.2) is 64.3 Å².